The lowest BCUT2D eigenvalue weighted by Gasteiger charge is -2.11. The molecule has 0 aliphatic carbocycles. The van der Waals surface area contributed by atoms with E-state index in [1.807, 2.05) is 6.07 Å². The molecule has 0 spiro atoms. The van der Waals surface area contributed by atoms with E-state index in [1.54, 1.807) is 48.5 Å². The van der Waals surface area contributed by atoms with E-state index in [4.69, 9.17) is 11.6 Å². The molecule has 0 fully saturated rings. The number of anilines is 2. The minimum absolute atomic E-state index is 0.0620. The van der Waals surface area contributed by atoms with E-state index < -0.39 is 15.9 Å². The van der Waals surface area contributed by atoms with E-state index in [-0.39, 0.29) is 15.5 Å². The summed E-state index contributed by atoms with van der Waals surface area (Å²) >= 11 is 9.40. The number of hydrogen-bond donors (Lipinski definition) is 2. The highest BCUT2D eigenvalue weighted by atomic mass is 79.9. The maximum absolute atomic E-state index is 12.6. The third kappa shape index (κ3) is 4.88. The van der Waals surface area contributed by atoms with Crippen molar-refractivity contribution in [1.82, 2.24) is 0 Å². The van der Waals surface area contributed by atoms with Crippen LogP contribution < -0.4 is 10.0 Å². The van der Waals surface area contributed by atoms with Gasteiger partial charge < -0.3 is 5.32 Å². The second kappa shape index (κ2) is 8.12. The fraction of sp³-hybridized carbons (Fsp3) is 0. The van der Waals surface area contributed by atoms with Gasteiger partial charge in [0.15, 0.2) is 0 Å². The topological polar surface area (TPSA) is 75.3 Å². The van der Waals surface area contributed by atoms with Crippen LogP contribution in [-0.2, 0) is 10.0 Å². The van der Waals surface area contributed by atoms with Crippen LogP contribution in [0.3, 0.4) is 0 Å². The molecule has 3 rings (SSSR count). The van der Waals surface area contributed by atoms with Crippen molar-refractivity contribution in [2.75, 3.05) is 10.0 Å². The lowest BCUT2D eigenvalue weighted by atomic mass is 10.2. The Morgan fingerprint density at radius 1 is 0.889 bits per heavy atom. The molecule has 8 heteroatoms. The number of rotatable bonds is 5. The highest BCUT2D eigenvalue weighted by Crippen LogP contribution is 2.24. The van der Waals surface area contributed by atoms with Crippen molar-refractivity contribution in [2.24, 2.45) is 0 Å². The molecular weight excluding hydrogens is 452 g/mol. The lowest BCUT2D eigenvalue weighted by molar-refractivity contribution is 0.102. The molecule has 0 aromatic heterocycles. The van der Waals surface area contributed by atoms with Crippen LogP contribution >= 0.6 is 27.5 Å². The van der Waals surface area contributed by atoms with Crippen LogP contribution in [-0.4, -0.2) is 14.3 Å². The molecule has 3 aromatic carbocycles. The molecule has 0 bridgehead atoms. The number of halogens is 2. The van der Waals surface area contributed by atoms with Gasteiger partial charge in [0, 0.05) is 15.8 Å². The van der Waals surface area contributed by atoms with Crippen molar-refractivity contribution >= 4 is 54.8 Å². The van der Waals surface area contributed by atoms with Gasteiger partial charge in [0.25, 0.3) is 15.9 Å². The molecule has 0 heterocycles. The Kier molecular flexibility index (Phi) is 5.84. The van der Waals surface area contributed by atoms with E-state index >= 15 is 0 Å². The Labute approximate surface area is 170 Å². The fourth-order valence-corrected chi connectivity index (χ4v) is 3.85. The molecule has 3 aromatic rings. The summed E-state index contributed by atoms with van der Waals surface area (Å²) in [5.74, 6) is -0.494. The predicted octanol–water partition coefficient (Wildman–Crippen LogP) is 5.16. The summed E-state index contributed by atoms with van der Waals surface area (Å²) in [5, 5.41) is 2.85. The van der Waals surface area contributed by atoms with Gasteiger partial charge in [-0.05, 0) is 54.6 Å². The molecule has 0 aliphatic heterocycles. The molecule has 1 amide bonds. The zero-order valence-corrected chi connectivity index (χ0v) is 17.0. The van der Waals surface area contributed by atoms with Crippen LogP contribution in [0.25, 0.3) is 0 Å². The number of hydrogen-bond acceptors (Lipinski definition) is 3. The van der Waals surface area contributed by atoms with E-state index in [2.05, 4.69) is 26.0 Å². The van der Waals surface area contributed by atoms with E-state index in [0.717, 1.165) is 4.47 Å². The average Bonchev–Trinajstić information content (AvgIpc) is 2.64. The van der Waals surface area contributed by atoms with Gasteiger partial charge in [-0.3, -0.25) is 9.52 Å². The molecule has 5 nitrogen and oxygen atoms in total. The third-order valence-electron chi connectivity index (χ3n) is 3.62. The second-order valence-corrected chi connectivity index (χ2v) is 8.58. The molecule has 2 N–H and O–H groups in total. The maximum Gasteiger partial charge on any atom is 0.261 e. The minimum atomic E-state index is -3.88. The van der Waals surface area contributed by atoms with Crippen LogP contribution in [0.4, 0.5) is 11.4 Å². The molecule has 0 aliphatic rings. The van der Waals surface area contributed by atoms with Crippen molar-refractivity contribution in [1.29, 1.82) is 0 Å². The van der Waals surface area contributed by atoms with Gasteiger partial charge in [-0.1, -0.05) is 45.7 Å². The third-order valence-corrected chi connectivity index (χ3v) is 5.86. The summed E-state index contributed by atoms with van der Waals surface area (Å²) in [6, 6.07) is 19.5. The zero-order valence-electron chi connectivity index (χ0n) is 13.8. The minimum Gasteiger partial charge on any atom is -0.322 e. The Morgan fingerprint density at radius 2 is 1.56 bits per heavy atom. The summed E-state index contributed by atoms with van der Waals surface area (Å²) < 4.78 is 28.6. The first-order chi connectivity index (χ1) is 12.8. The van der Waals surface area contributed by atoms with E-state index in [1.165, 1.54) is 18.2 Å². The molecule has 0 saturated heterocycles. The van der Waals surface area contributed by atoms with Crippen LogP contribution in [0.1, 0.15) is 10.4 Å². The summed E-state index contributed by atoms with van der Waals surface area (Å²) in [7, 11) is -3.88. The van der Waals surface area contributed by atoms with Gasteiger partial charge in [-0.2, -0.15) is 0 Å². The van der Waals surface area contributed by atoms with Gasteiger partial charge in [-0.25, -0.2) is 8.42 Å². The largest absolute Gasteiger partial charge is 0.322 e. The van der Waals surface area contributed by atoms with Crippen LogP contribution in [0, 0.1) is 0 Å². The number of amides is 1. The first-order valence-electron chi connectivity index (χ1n) is 7.79. The molecule has 138 valence electrons. The van der Waals surface area contributed by atoms with Crippen molar-refractivity contribution in [3.63, 3.8) is 0 Å². The van der Waals surface area contributed by atoms with Crippen LogP contribution in [0.15, 0.2) is 82.2 Å². The van der Waals surface area contributed by atoms with Crippen molar-refractivity contribution < 1.29 is 13.2 Å². The van der Waals surface area contributed by atoms with Crippen molar-refractivity contribution in [3.8, 4) is 0 Å². The highest BCUT2D eigenvalue weighted by molar-refractivity contribution is 9.10. The molecular formula is C19H14BrClN2O3S. The van der Waals surface area contributed by atoms with Gasteiger partial charge in [0.2, 0.25) is 0 Å². The van der Waals surface area contributed by atoms with Crippen molar-refractivity contribution in [3.05, 3.63) is 87.9 Å². The number of carbonyl (C=O) groups is 1. The first-order valence-corrected chi connectivity index (χ1v) is 10.4. The number of nitrogens with one attached hydrogen (secondary N) is 2. The predicted molar refractivity (Wildman–Crippen MR) is 111 cm³/mol. The van der Waals surface area contributed by atoms with Gasteiger partial charge >= 0.3 is 0 Å². The molecule has 27 heavy (non-hydrogen) atoms. The van der Waals surface area contributed by atoms with Crippen LogP contribution in [0.2, 0.25) is 5.02 Å². The van der Waals surface area contributed by atoms with Gasteiger partial charge in [0.05, 0.1) is 15.5 Å². The summed E-state index contributed by atoms with van der Waals surface area (Å²) in [4.78, 5) is 12.4. The Balaban J connectivity index is 1.87. The monoisotopic (exact) mass is 464 g/mol. The average molecular weight is 466 g/mol. The number of carbonyl (C=O) groups excluding carboxylic acids is 1. The summed E-state index contributed by atoms with van der Waals surface area (Å²) in [5.41, 5.74) is 1.06. The number of benzene rings is 3. The number of sulfonamides is 1. The normalized spacial score (nSPS) is 11.0. The SMILES string of the molecule is O=C(Nc1ccccc1)c1cc(S(=O)(=O)Nc2ccc(Br)cc2)ccc1Cl. The smallest absolute Gasteiger partial charge is 0.261 e. The fourth-order valence-electron chi connectivity index (χ4n) is 2.30. The molecule has 0 atom stereocenters. The maximum atomic E-state index is 12.6. The first kappa shape index (κ1) is 19.4. The quantitative estimate of drug-likeness (QED) is 0.547. The summed E-state index contributed by atoms with van der Waals surface area (Å²) in [6.45, 7) is 0. The molecule has 0 unspecified atom stereocenters. The lowest BCUT2D eigenvalue weighted by Crippen LogP contribution is -2.16. The Hall–Kier alpha value is -2.35. The Bertz CT molecular complexity index is 1070. The molecule has 0 saturated carbocycles. The van der Waals surface area contributed by atoms with Crippen LogP contribution in [0.5, 0.6) is 0 Å². The van der Waals surface area contributed by atoms with Crippen molar-refractivity contribution in [2.45, 2.75) is 4.90 Å². The highest BCUT2D eigenvalue weighted by Gasteiger charge is 2.19. The molecule has 0 radical (unpaired) electrons. The van der Waals surface area contributed by atoms with Gasteiger partial charge in [0.1, 0.15) is 0 Å². The number of para-hydroxylation sites is 1. The Morgan fingerprint density at radius 3 is 2.22 bits per heavy atom. The van der Waals surface area contributed by atoms with Gasteiger partial charge in [-0.15, -0.1) is 0 Å². The van der Waals surface area contributed by atoms with E-state index in [9.17, 15) is 13.2 Å². The van der Waals surface area contributed by atoms with E-state index in [0.29, 0.717) is 11.4 Å². The zero-order chi connectivity index (χ0) is 19.4. The summed E-state index contributed by atoms with van der Waals surface area (Å²) in [6.07, 6.45) is 0. The second-order valence-electron chi connectivity index (χ2n) is 5.57. The standard InChI is InChI=1S/C19H14BrClN2O3S/c20-13-6-8-15(9-7-13)23-27(25,26)16-10-11-18(21)17(12-16)19(24)22-14-4-2-1-3-5-14/h1-12,23H,(H,22,24).